The van der Waals surface area contributed by atoms with E-state index in [2.05, 4.69) is 48.1 Å². The van der Waals surface area contributed by atoms with Gasteiger partial charge in [0.25, 0.3) is 0 Å². The molecule has 0 aliphatic carbocycles. The maximum atomic E-state index is 5.57. The number of ether oxygens (including phenoxy) is 1. The smallest absolute Gasteiger partial charge is 0.0591 e. The molecular weight excluding hydrogens is 286 g/mol. The number of hydrogen-bond acceptors (Lipinski definition) is 3. The molecular formula is C12H20BrNOS. The zero-order valence-electron chi connectivity index (χ0n) is 10.2. The zero-order chi connectivity index (χ0) is 12.0. The van der Waals surface area contributed by atoms with E-state index >= 15 is 0 Å². The molecule has 1 rings (SSSR count). The highest BCUT2D eigenvalue weighted by molar-refractivity contribution is 9.10. The summed E-state index contributed by atoms with van der Waals surface area (Å²) < 4.78 is 6.78. The molecule has 4 heteroatoms. The van der Waals surface area contributed by atoms with Crippen LogP contribution in [0.5, 0.6) is 0 Å². The van der Waals surface area contributed by atoms with Crippen LogP contribution in [0.3, 0.4) is 0 Å². The zero-order valence-corrected chi connectivity index (χ0v) is 12.6. The van der Waals surface area contributed by atoms with Crippen molar-refractivity contribution in [2.24, 2.45) is 0 Å². The molecule has 0 aliphatic heterocycles. The van der Waals surface area contributed by atoms with Gasteiger partial charge in [-0.2, -0.15) is 0 Å². The highest BCUT2D eigenvalue weighted by Crippen LogP contribution is 2.26. The van der Waals surface area contributed by atoms with E-state index in [-0.39, 0.29) is 0 Å². The van der Waals surface area contributed by atoms with E-state index in [1.165, 1.54) is 14.2 Å². The second-order valence-electron chi connectivity index (χ2n) is 4.09. The maximum Gasteiger partial charge on any atom is 0.0591 e. The Morgan fingerprint density at radius 2 is 2.19 bits per heavy atom. The van der Waals surface area contributed by atoms with Gasteiger partial charge in [0.2, 0.25) is 0 Å². The lowest BCUT2D eigenvalue weighted by atomic mass is 10.3. The summed E-state index contributed by atoms with van der Waals surface area (Å²) in [7, 11) is 0. The van der Waals surface area contributed by atoms with Gasteiger partial charge in [-0.1, -0.05) is 13.8 Å². The van der Waals surface area contributed by atoms with Crippen LogP contribution in [-0.2, 0) is 11.2 Å². The molecule has 0 spiro atoms. The minimum absolute atomic E-state index is 0.541. The van der Waals surface area contributed by atoms with Gasteiger partial charge >= 0.3 is 0 Å². The van der Waals surface area contributed by atoms with Crippen LogP contribution in [-0.4, -0.2) is 25.8 Å². The first kappa shape index (κ1) is 14.2. The van der Waals surface area contributed by atoms with E-state index in [1.54, 1.807) is 0 Å². The highest BCUT2D eigenvalue weighted by atomic mass is 79.9. The van der Waals surface area contributed by atoms with Crippen LogP contribution in [0.25, 0.3) is 0 Å². The molecule has 0 amide bonds. The van der Waals surface area contributed by atoms with Gasteiger partial charge in [0, 0.05) is 33.2 Å². The summed E-state index contributed by atoms with van der Waals surface area (Å²) in [5.74, 6) is 0. The SMILES string of the molecule is Cc1sc(CCOCCNC(C)C)cc1Br. The molecule has 1 heterocycles. The molecule has 0 saturated carbocycles. The summed E-state index contributed by atoms with van der Waals surface area (Å²) in [5, 5.41) is 3.33. The molecule has 0 saturated heterocycles. The molecule has 0 bridgehead atoms. The summed E-state index contributed by atoms with van der Waals surface area (Å²) in [6.07, 6.45) is 1.01. The lowest BCUT2D eigenvalue weighted by molar-refractivity contribution is 0.138. The van der Waals surface area contributed by atoms with Crippen LogP contribution >= 0.6 is 27.3 Å². The minimum atomic E-state index is 0.541. The van der Waals surface area contributed by atoms with Crippen molar-refractivity contribution in [2.75, 3.05) is 19.8 Å². The Hall–Kier alpha value is 0.100. The van der Waals surface area contributed by atoms with Gasteiger partial charge in [0.15, 0.2) is 0 Å². The Balaban J connectivity index is 2.07. The fourth-order valence-electron chi connectivity index (χ4n) is 1.34. The minimum Gasteiger partial charge on any atom is -0.380 e. The first-order chi connectivity index (χ1) is 7.59. The number of nitrogens with one attached hydrogen (secondary N) is 1. The predicted octanol–water partition coefficient (Wildman–Crippen LogP) is 3.38. The van der Waals surface area contributed by atoms with Gasteiger partial charge in [-0.3, -0.25) is 0 Å². The van der Waals surface area contributed by atoms with Crippen molar-refractivity contribution < 1.29 is 4.74 Å². The summed E-state index contributed by atoms with van der Waals surface area (Å²) in [6.45, 7) is 8.96. The Kier molecular flexibility index (Phi) is 6.58. The lowest BCUT2D eigenvalue weighted by Crippen LogP contribution is -2.26. The summed E-state index contributed by atoms with van der Waals surface area (Å²) in [5.41, 5.74) is 0. The fraction of sp³-hybridized carbons (Fsp3) is 0.667. The molecule has 1 aromatic heterocycles. The lowest BCUT2D eigenvalue weighted by Gasteiger charge is -2.07. The standard InChI is InChI=1S/C12H20BrNOS/c1-9(2)14-5-7-15-6-4-11-8-12(13)10(3)16-11/h8-9,14H,4-7H2,1-3H3. The number of halogens is 1. The average molecular weight is 306 g/mol. The summed E-state index contributed by atoms with van der Waals surface area (Å²) in [4.78, 5) is 2.73. The van der Waals surface area contributed by atoms with Crippen molar-refractivity contribution in [1.82, 2.24) is 5.32 Å². The van der Waals surface area contributed by atoms with Crippen LogP contribution in [0.4, 0.5) is 0 Å². The normalized spacial score (nSPS) is 11.3. The quantitative estimate of drug-likeness (QED) is 0.780. The van der Waals surface area contributed by atoms with Crippen molar-refractivity contribution in [1.29, 1.82) is 0 Å². The van der Waals surface area contributed by atoms with Gasteiger partial charge in [-0.15, -0.1) is 11.3 Å². The number of aryl methyl sites for hydroxylation is 1. The van der Waals surface area contributed by atoms with Crippen molar-refractivity contribution in [3.05, 3.63) is 20.3 Å². The van der Waals surface area contributed by atoms with Gasteiger partial charge in [0.05, 0.1) is 13.2 Å². The summed E-state index contributed by atoms with van der Waals surface area (Å²) in [6, 6.07) is 2.73. The second-order valence-corrected chi connectivity index (χ2v) is 6.28. The predicted molar refractivity (Wildman–Crippen MR) is 74.4 cm³/mol. The largest absolute Gasteiger partial charge is 0.380 e. The van der Waals surface area contributed by atoms with E-state index in [9.17, 15) is 0 Å². The molecule has 0 aromatic carbocycles. The van der Waals surface area contributed by atoms with Crippen molar-refractivity contribution in [2.45, 2.75) is 33.2 Å². The average Bonchev–Trinajstić information content (AvgIpc) is 2.52. The fourth-order valence-corrected chi connectivity index (χ4v) is 2.92. The number of thiophene rings is 1. The topological polar surface area (TPSA) is 21.3 Å². The maximum absolute atomic E-state index is 5.57. The van der Waals surface area contributed by atoms with Gasteiger partial charge < -0.3 is 10.1 Å². The third kappa shape index (κ3) is 5.43. The first-order valence-corrected chi connectivity index (χ1v) is 7.26. The molecule has 0 radical (unpaired) electrons. The van der Waals surface area contributed by atoms with E-state index in [4.69, 9.17) is 4.74 Å². The van der Waals surface area contributed by atoms with Crippen molar-refractivity contribution >= 4 is 27.3 Å². The molecule has 1 aromatic rings. The van der Waals surface area contributed by atoms with E-state index in [1.807, 2.05) is 11.3 Å². The monoisotopic (exact) mass is 305 g/mol. The third-order valence-electron chi connectivity index (χ3n) is 2.20. The molecule has 0 fully saturated rings. The number of rotatable bonds is 7. The second kappa shape index (κ2) is 7.43. The van der Waals surface area contributed by atoms with Gasteiger partial charge in [-0.05, 0) is 28.9 Å². The molecule has 2 nitrogen and oxygen atoms in total. The Morgan fingerprint density at radius 3 is 2.75 bits per heavy atom. The molecule has 0 aliphatic rings. The first-order valence-electron chi connectivity index (χ1n) is 5.65. The number of hydrogen-bond donors (Lipinski definition) is 1. The Bertz CT molecular complexity index is 292. The summed E-state index contributed by atoms with van der Waals surface area (Å²) >= 11 is 5.37. The molecule has 16 heavy (non-hydrogen) atoms. The molecule has 0 unspecified atom stereocenters. The van der Waals surface area contributed by atoms with Crippen LogP contribution in [0.15, 0.2) is 10.5 Å². The van der Waals surface area contributed by atoms with Gasteiger partial charge in [0.1, 0.15) is 0 Å². The van der Waals surface area contributed by atoms with Crippen molar-refractivity contribution in [3.63, 3.8) is 0 Å². The Morgan fingerprint density at radius 1 is 1.44 bits per heavy atom. The van der Waals surface area contributed by atoms with Crippen LogP contribution in [0.2, 0.25) is 0 Å². The molecule has 92 valence electrons. The van der Waals surface area contributed by atoms with Crippen LogP contribution < -0.4 is 5.32 Å². The molecule has 1 N–H and O–H groups in total. The third-order valence-corrected chi connectivity index (χ3v) is 4.40. The van der Waals surface area contributed by atoms with Crippen LogP contribution in [0, 0.1) is 6.92 Å². The van der Waals surface area contributed by atoms with E-state index < -0.39 is 0 Å². The van der Waals surface area contributed by atoms with E-state index in [0.717, 1.165) is 26.2 Å². The highest BCUT2D eigenvalue weighted by Gasteiger charge is 2.02. The Labute approximate surface area is 111 Å². The van der Waals surface area contributed by atoms with Gasteiger partial charge in [-0.25, -0.2) is 0 Å². The van der Waals surface area contributed by atoms with Crippen molar-refractivity contribution in [3.8, 4) is 0 Å². The van der Waals surface area contributed by atoms with E-state index in [0.29, 0.717) is 6.04 Å². The molecule has 0 atom stereocenters. The van der Waals surface area contributed by atoms with Crippen LogP contribution in [0.1, 0.15) is 23.6 Å².